The first kappa shape index (κ1) is 42.7. The Morgan fingerprint density at radius 2 is 1.41 bits per heavy atom. The number of amides is 5. The number of carbonyl (C=O) groups excluding carboxylic acids is 5. The fourth-order valence-corrected chi connectivity index (χ4v) is 9.55. The van der Waals surface area contributed by atoms with E-state index in [-0.39, 0.29) is 36.0 Å². The Morgan fingerprint density at radius 3 is 1.92 bits per heavy atom. The lowest BCUT2D eigenvalue weighted by Gasteiger charge is -2.44. The lowest BCUT2D eigenvalue weighted by atomic mass is 9.70. The number of hydrogen-bond acceptors (Lipinski definition) is 7. The first-order chi connectivity index (χ1) is 23.6. The van der Waals surface area contributed by atoms with Crippen molar-refractivity contribution in [2.24, 2.45) is 17.3 Å². The third kappa shape index (κ3) is 10.9. The molecule has 0 radical (unpaired) electrons. The molecular weight excluding hydrogens is 671 g/mol. The van der Waals surface area contributed by atoms with E-state index in [0.717, 1.165) is 38.5 Å². The smallest absolute Gasteiger partial charge is 0.315 e. The van der Waals surface area contributed by atoms with Gasteiger partial charge in [0.1, 0.15) is 12.1 Å². The molecule has 3 rings (SSSR count). The quantitative estimate of drug-likeness (QED) is 0.186. The Kier molecular flexibility index (Phi) is 14.6. The van der Waals surface area contributed by atoms with Gasteiger partial charge in [-0.05, 0) is 90.4 Å². The standard InChI is InChI=1S/C38H67N5O7S/c1-10-17-28(30(44)33(46)39-26(4)5)40-32(45)29-22-27(25(2)3)23-43(29)34(47)31(37(9)18-13-11-14-19-37)41-35(48)42-38(20-15-12-16-21-38)24-51(49,50)36(6,7)8/h25-29,31H,10-24H2,1-9H3,(H,39,46)(H,40,45)(H2,41,42,48)/t27-,28?,29+,31-/m1/s1. The molecule has 1 unspecified atom stereocenters. The van der Waals surface area contributed by atoms with E-state index in [1.165, 1.54) is 0 Å². The minimum absolute atomic E-state index is 0.0102. The molecule has 12 nitrogen and oxygen atoms in total. The summed E-state index contributed by atoms with van der Waals surface area (Å²) >= 11 is 0. The first-order valence-corrected chi connectivity index (χ1v) is 21.1. The summed E-state index contributed by atoms with van der Waals surface area (Å²) in [5.41, 5.74) is -1.53. The van der Waals surface area contributed by atoms with Crippen molar-refractivity contribution in [1.82, 2.24) is 26.2 Å². The Hall–Kier alpha value is -2.70. The number of ketones is 1. The average Bonchev–Trinajstić information content (AvgIpc) is 3.49. The lowest BCUT2D eigenvalue weighted by molar-refractivity contribution is -0.144. The largest absolute Gasteiger partial charge is 0.347 e. The van der Waals surface area contributed by atoms with Crippen LogP contribution in [0.3, 0.4) is 0 Å². The second-order valence-corrected chi connectivity index (χ2v) is 20.3. The molecule has 0 spiro atoms. The van der Waals surface area contributed by atoms with Crippen LogP contribution in [0.4, 0.5) is 4.79 Å². The molecule has 0 bridgehead atoms. The number of hydrogen-bond donors (Lipinski definition) is 4. The molecule has 2 aliphatic carbocycles. The minimum atomic E-state index is -3.57. The van der Waals surface area contributed by atoms with E-state index in [4.69, 9.17) is 0 Å². The maximum atomic E-state index is 14.9. The van der Waals surface area contributed by atoms with Crippen LogP contribution < -0.4 is 21.3 Å². The summed E-state index contributed by atoms with van der Waals surface area (Å²) in [4.78, 5) is 70.3. The van der Waals surface area contributed by atoms with Crippen molar-refractivity contribution < 1.29 is 32.4 Å². The highest BCUT2D eigenvalue weighted by atomic mass is 32.2. The topological polar surface area (TPSA) is 171 Å². The maximum absolute atomic E-state index is 14.9. The van der Waals surface area contributed by atoms with Crippen molar-refractivity contribution in [2.45, 2.75) is 180 Å². The number of Topliss-reactive ketones (excluding diaryl/α,β-unsaturated/α-hetero) is 1. The van der Waals surface area contributed by atoms with Crippen LogP contribution in [0.1, 0.15) is 146 Å². The van der Waals surface area contributed by atoms with Gasteiger partial charge in [0.05, 0.1) is 22.1 Å². The van der Waals surface area contributed by atoms with Gasteiger partial charge in [0.15, 0.2) is 9.84 Å². The predicted molar refractivity (Wildman–Crippen MR) is 200 cm³/mol. The van der Waals surface area contributed by atoms with Crippen LogP contribution in [0.25, 0.3) is 0 Å². The number of nitrogens with zero attached hydrogens (tertiary/aromatic N) is 1. The zero-order chi connectivity index (χ0) is 38.4. The minimum Gasteiger partial charge on any atom is -0.347 e. The number of carbonyl (C=O) groups is 5. The second-order valence-electron chi connectivity index (χ2n) is 17.5. The number of sulfone groups is 1. The van der Waals surface area contributed by atoms with Crippen molar-refractivity contribution in [3.8, 4) is 0 Å². The Balaban J connectivity index is 1.94. The summed E-state index contributed by atoms with van der Waals surface area (Å²) < 4.78 is 25.9. The molecule has 1 aliphatic heterocycles. The van der Waals surface area contributed by atoms with Crippen LogP contribution in [-0.4, -0.2) is 89.6 Å². The molecule has 1 saturated heterocycles. The van der Waals surface area contributed by atoms with E-state index in [1.54, 1.807) is 39.5 Å². The average molecular weight is 738 g/mol. The number of nitrogens with one attached hydrogen (secondary N) is 4. The van der Waals surface area contributed by atoms with Crippen LogP contribution >= 0.6 is 0 Å². The van der Waals surface area contributed by atoms with Crippen LogP contribution in [0.2, 0.25) is 0 Å². The molecule has 4 atom stereocenters. The molecular formula is C38H67N5O7S. The van der Waals surface area contributed by atoms with Crippen LogP contribution in [0.5, 0.6) is 0 Å². The molecule has 292 valence electrons. The molecule has 2 saturated carbocycles. The molecule has 1 heterocycles. The van der Waals surface area contributed by atoms with Gasteiger partial charge in [0, 0.05) is 12.6 Å². The zero-order valence-corrected chi connectivity index (χ0v) is 33.6. The maximum Gasteiger partial charge on any atom is 0.315 e. The molecule has 3 aliphatic rings. The third-order valence-electron chi connectivity index (χ3n) is 11.5. The molecule has 51 heavy (non-hydrogen) atoms. The number of likely N-dealkylation sites (tertiary alicyclic amines) is 1. The van der Waals surface area contributed by atoms with Crippen molar-refractivity contribution in [3.63, 3.8) is 0 Å². The highest BCUT2D eigenvalue weighted by molar-refractivity contribution is 7.92. The predicted octanol–water partition coefficient (Wildman–Crippen LogP) is 4.79. The van der Waals surface area contributed by atoms with Gasteiger partial charge in [-0.2, -0.15) is 0 Å². The third-order valence-corrected chi connectivity index (χ3v) is 14.3. The highest BCUT2D eigenvalue weighted by Crippen LogP contribution is 2.41. The Labute approximate surface area is 307 Å². The molecule has 0 aromatic carbocycles. The van der Waals surface area contributed by atoms with Crippen molar-refractivity contribution in [3.05, 3.63) is 0 Å². The van der Waals surface area contributed by atoms with Crippen LogP contribution in [-0.2, 0) is 29.0 Å². The summed E-state index contributed by atoms with van der Waals surface area (Å²) in [6, 6.07) is -3.68. The molecule has 13 heteroatoms. The molecule has 5 amide bonds. The van der Waals surface area contributed by atoms with Gasteiger partial charge in [-0.1, -0.05) is 72.6 Å². The molecule has 0 aromatic heterocycles. The molecule has 4 N–H and O–H groups in total. The second kappa shape index (κ2) is 17.4. The summed E-state index contributed by atoms with van der Waals surface area (Å²) in [7, 11) is -3.57. The van der Waals surface area contributed by atoms with Crippen molar-refractivity contribution in [2.75, 3.05) is 12.3 Å². The van der Waals surface area contributed by atoms with Crippen LogP contribution in [0.15, 0.2) is 0 Å². The summed E-state index contributed by atoms with van der Waals surface area (Å²) in [6.07, 6.45) is 9.09. The van der Waals surface area contributed by atoms with Gasteiger partial charge >= 0.3 is 6.03 Å². The first-order valence-electron chi connectivity index (χ1n) is 19.4. The SMILES string of the molecule is CCCC(NC(=O)[C@@H]1C[C@@H](C(C)C)CN1C(=O)[C@@H](NC(=O)NC1(CS(=O)(=O)C(C)(C)C)CCCCC1)C1(C)CCCCC1)C(=O)C(=O)NC(C)C. The Bertz CT molecular complexity index is 1360. The van der Waals surface area contributed by atoms with Gasteiger partial charge in [0.25, 0.3) is 5.91 Å². The Morgan fingerprint density at radius 1 is 0.843 bits per heavy atom. The van der Waals surface area contributed by atoms with Crippen molar-refractivity contribution in [1.29, 1.82) is 0 Å². The van der Waals surface area contributed by atoms with E-state index in [0.29, 0.717) is 45.1 Å². The fourth-order valence-electron chi connectivity index (χ4n) is 8.03. The van der Waals surface area contributed by atoms with Gasteiger partial charge in [-0.15, -0.1) is 0 Å². The van der Waals surface area contributed by atoms with Gasteiger partial charge in [0.2, 0.25) is 17.6 Å². The lowest BCUT2D eigenvalue weighted by Crippen LogP contribution is -2.64. The monoisotopic (exact) mass is 737 g/mol. The summed E-state index contributed by atoms with van der Waals surface area (Å²) in [5, 5.41) is 11.6. The summed E-state index contributed by atoms with van der Waals surface area (Å²) in [5.74, 6) is -2.31. The number of urea groups is 1. The zero-order valence-electron chi connectivity index (χ0n) is 32.8. The normalized spacial score (nSPS) is 23.3. The van der Waals surface area contributed by atoms with E-state index < -0.39 is 67.3 Å². The van der Waals surface area contributed by atoms with E-state index in [2.05, 4.69) is 21.3 Å². The molecule has 0 aromatic rings. The van der Waals surface area contributed by atoms with E-state index >= 15 is 0 Å². The fraction of sp³-hybridized carbons (Fsp3) is 0.868. The summed E-state index contributed by atoms with van der Waals surface area (Å²) in [6.45, 7) is 16.8. The van der Waals surface area contributed by atoms with Gasteiger partial charge < -0.3 is 26.2 Å². The van der Waals surface area contributed by atoms with Gasteiger partial charge in [-0.3, -0.25) is 19.2 Å². The number of rotatable bonds is 14. The highest BCUT2D eigenvalue weighted by Gasteiger charge is 2.50. The van der Waals surface area contributed by atoms with Gasteiger partial charge in [-0.25, -0.2) is 13.2 Å². The molecule has 3 fully saturated rings. The van der Waals surface area contributed by atoms with Crippen molar-refractivity contribution >= 4 is 39.4 Å². The van der Waals surface area contributed by atoms with E-state index in [9.17, 15) is 32.4 Å². The van der Waals surface area contributed by atoms with Crippen LogP contribution in [0, 0.1) is 17.3 Å². The van der Waals surface area contributed by atoms with E-state index in [1.807, 2.05) is 27.7 Å².